The molecule has 0 saturated carbocycles. The molecule has 0 bridgehead atoms. The van der Waals surface area contributed by atoms with Crippen molar-refractivity contribution < 1.29 is 24.2 Å². The van der Waals surface area contributed by atoms with Gasteiger partial charge < -0.3 is 20.5 Å². The second-order valence-electron chi connectivity index (χ2n) is 5.05. The Hall–Kier alpha value is -2.67. The van der Waals surface area contributed by atoms with E-state index in [0.29, 0.717) is 24.4 Å². The van der Waals surface area contributed by atoms with Crippen LogP contribution in [-0.2, 0) is 14.3 Å². The lowest BCUT2D eigenvalue weighted by atomic mass is 10.1. The third-order valence-electron chi connectivity index (χ3n) is 3.32. The minimum Gasteiger partial charge on any atom is -0.478 e. The van der Waals surface area contributed by atoms with Crippen LogP contribution in [0.3, 0.4) is 0 Å². The van der Waals surface area contributed by atoms with Gasteiger partial charge in [0.15, 0.2) is 0 Å². The molecule has 1 aromatic rings. The number of hydrogen-bond donors (Lipinski definition) is 3. The molecule has 3 N–H and O–H groups in total. The van der Waals surface area contributed by atoms with Crippen LogP contribution in [0, 0.1) is 0 Å². The van der Waals surface area contributed by atoms with Gasteiger partial charge in [0.05, 0.1) is 17.4 Å². The van der Waals surface area contributed by atoms with Gasteiger partial charge in [0.1, 0.15) is 0 Å². The minimum atomic E-state index is -1.22. The quantitative estimate of drug-likeness (QED) is 0.683. The summed E-state index contributed by atoms with van der Waals surface area (Å²) in [5.41, 5.74) is 0.625. The van der Waals surface area contributed by atoms with Gasteiger partial charge in [-0.05, 0) is 25.0 Å². The predicted molar refractivity (Wildman–Crippen MR) is 83.2 cm³/mol. The van der Waals surface area contributed by atoms with E-state index < -0.39 is 11.9 Å². The molecule has 1 aliphatic heterocycles. The van der Waals surface area contributed by atoms with Crippen molar-refractivity contribution in [3.05, 3.63) is 42.0 Å². The van der Waals surface area contributed by atoms with E-state index in [9.17, 15) is 14.4 Å². The average Bonchev–Trinajstić information content (AvgIpc) is 3.04. The Balaban J connectivity index is 1.99. The zero-order chi connectivity index (χ0) is 16.7. The van der Waals surface area contributed by atoms with Crippen LogP contribution in [-0.4, -0.2) is 42.1 Å². The number of amides is 2. The van der Waals surface area contributed by atoms with Gasteiger partial charge in [-0.25, -0.2) is 4.79 Å². The second-order valence-corrected chi connectivity index (χ2v) is 5.05. The van der Waals surface area contributed by atoms with Crippen LogP contribution < -0.4 is 10.6 Å². The monoisotopic (exact) mass is 318 g/mol. The lowest BCUT2D eigenvalue weighted by molar-refractivity contribution is -0.131. The fourth-order valence-electron chi connectivity index (χ4n) is 2.22. The molecule has 7 heteroatoms. The van der Waals surface area contributed by atoms with Crippen molar-refractivity contribution in [2.75, 3.05) is 18.5 Å². The predicted octanol–water partition coefficient (Wildman–Crippen LogP) is 1.17. The number of anilines is 1. The molecule has 0 aliphatic carbocycles. The summed E-state index contributed by atoms with van der Waals surface area (Å²) in [4.78, 5) is 34.3. The van der Waals surface area contributed by atoms with E-state index in [1.165, 1.54) is 0 Å². The number of carboxylic acids is 1. The van der Waals surface area contributed by atoms with E-state index in [1.54, 1.807) is 24.3 Å². The van der Waals surface area contributed by atoms with E-state index in [4.69, 9.17) is 9.84 Å². The smallest absolute Gasteiger partial charge is 0.328 e. The zero-order valence-corrected chi connectivity index (χ0v) is 12.5. The van der Waals surface area contributed by atoms with E-state index in [0.717, 1.165) is 25.0 Å². The highest BCUT2D eigenvalue weighted by Crippen LogP contribution is 2.16. The van der Waals surface area contributed by atoms with Crippen molar-refractivity contribution in [3.8, 4) is 0 Å². The normalized spacial score (nSPS) is 17.1. The Kier molecular flexibility index (Phi) is 5.87. The van der Waals surface area contributed by atoms with E-state index in [-0.39, 0.29) is 12.0 Å². The second kappa shape index (κ2) is 8.09. The third-order valence-corrected chi connectivity index (χ3v) is 3.32. The molecule has 1 atom stereocenters. The number of carbonyl (C=O) groups is 3. The SMILES string of the molecule is O=C(O)/C=C\C(=O)Nc1ccccc1C(=O)NC[C@H]1CCCO1. The van der Waals surface area contributed by atoms with Crippen molar-refractivity contribution in [2.24, 2.45) is 0 Å². The molecule has 2 amide bonds. The Morgan fingerprint density at radius 2 is 2.04 bits per heavy atom. The first-order valence-electron chi connectivity index (χ1n) is 7.27. The fourth-order valence-corrected chi connectivity index (χ4v) is 2.22. The third kappa shape index (κ3) is 5.23. The maximum absolute atomic E-state index is 12.2. The Morgan fingerprint density at radius 1 is 1.26 bits per heavy atom. The highest BCUT2D eigenvalue weighted by atomic mass is 16.5. The zero-order valence-electron chi connectivity index (χ0n) is 12.5. The molecule has 0 aromatic heterocycles. The molecule has 2 rings (SSSR count). The summed E-state index contributed by atoms with van der Waals surface area (Å²) in [5, 5.41) is 13.8. The van der Waals surface area contributed by atoms with Gasteiger partial charge in [-0.15, -0.1) is 0 Å². The molecule has 23 heavy (non-hydrogen) atoms. The first-order chi connectivity index (χ1) is 11.1. The highest BCUT2D eigenvalue weighted by Gasteiger charge is 2.18. The van der Waals surface area contributed by atoms with Gasteiger partial charge in [0, 0.05) is 25.3 Å². The number of aliphatic carboxylic acids is 1. The van der Waals surface area contributed by atoms with Crippen molar-refractivity contribution in [1.82, 2.24) is 5.32 Å². The molecule has 1 fully saturated rings. The molecule has 122 valence electrons. The maximum atomic E-state index is 12.2. The van der Waals surface area contributed by atoms with E-state index in [2.05, 4.69) is 10.6 Å². The number of carbonyl (C=O) groups excluding carboxylic acids is 2. The van der Waals surface area contributed by atoms with Crippen LogP contribution in [0.1, 0.15) is 23.2 Å². The van der Waals surface area contributed by atoms with Gasteiger partial charge in [-0.2, -0.15) is 0 Å². The molecular weight excluding hydrogens is 300 g/mol. The number of ether oxygens (including phenoxy) is 1. The maximum Gasteiger partial charge on any atom is 0.328 e. The minimum absolute atomic E-state index is 0.0270. The number of hydrogen-bond acceptors (Lipinski definition) is 4. The average molecular weight is 318 g/mol. The topological polar surface area (TPSA) is 105 Å². The van der Waals surface area contributed by atoms with Crippen molar-refractivity contribution in [3.63, 3.8) is 0 Å². The first-order valence-corrected chi connectivity index (χ1v) is 7.27. The van der Waals surface area contributed by atoms with E-state index >= 15 is 0 Å². The molecule has 1 saturated heterocycles. The lowest BCUT2D eigenvalue weighted by Crippen LogP contribution is -2.32. The van der Waals surface area contributed by atoms with Gasteiger partial charge in [0.25, 0.3) is 5.91 Å². The Labute approximate surface area is 133 Å². The Bertz CT molecular complexity index is 621. The van der Waals surface area contributed by atoms with E-state index in [1.807, 2.05) is 0 Å². The van der Waals surface area contributed by atoms with Crippen LogP contribution in [0.5, 0.6) is 0 Å². The molecule has 1 aromatic carbocycles. The summed E-state index contributed by atoms with van der Waals surface area (Å²) in [6.45, 7) is 1.13. The number of carboxylic acid groups (broad SMARTS) is 1. The van der Waals surface area contributed by atoms with Crippen LogP contribution >= 0.6 is 0 Å². The van der Waals surface area contributed by atoms with Gasteiger partial charge >= 0.3 is 5.97 Å². The highest BCUT2D eigenvalue weighted by molar-refractivity contribution is 6.07. The van der Waals surface area contributed by atoms with Crippen LogP contribution in [0.15, 0.2) is 36.4 Å². The molecule has 0 radical (unpaired) electrons. The molecule has 1 aliphatic rings. The molecule has 1 heterocycles. The van der Waals surface area contributed by atoms with Crippen molar-refractivity contribution >= 4 is 23.5 Å². The molecule has 0 unspecified atom stereocenters. The summed E-state index contributed by atoms with van der Waals surface area (Å²) in [6, 6.07) is 6.52. The van der Waals surface area contributed by atoms with Crippen LogP contribution in [0.2, 0.25) is 0 Å². The molecular formula is C16H18N2O5. The number of para-hydroxylation sites is 1. The Morgan fingerprint density at radius 3 is 2.74 bits per heavy atom. The fraction of sp³-hybridized carbons (Fsp3) is 0.312. The van der Waals surface area contributed by atoms with Gasteiger partial charge in [0.2, 0.25) is 5.91 Å². The van der Waals surface area contributed by atoms with Crippen molar-refractivity contribution in [1.29, 1.82) is 0 Å². The van der Waals surface area contributed by atoms with Crippen LogP contribution in [0.4, 0.5) is 5.69 Å². The number of rotatable bonds is 6. The molecule has 0 spiro atoms. The number of nitrogens with one attached hydrogen (secondary N) is 2. The van der Waals surface area contributed by atoms with Gasteiger partial charge in [-0.1, -0.05) is 12.1 Å². The summed E-state index contributed by atoms with van der Waals surface area (Å²) in [6.07, 6.45) is 3.56. The molecule has 7 nitrogen and oxygen atoms in total. The summed E-state index contributed by atoms with van der Waals surface area (Å²) in [5.74, 6) is -2.16. The summed E-state index contributed by atoms with van der Waals surface area (Å²) in [7, 11) is 0. The summed E-state index contributed by atoms with van der Waals surface area (Å²) < 4.78 is 5.44. The summed E-state index contributed by atoms with van der Waals surface area (Å²) >= 11 is 0. The lowest BCUT2D eigenvalue weighted by Gasteiger charge is -2.13. The van der Waals surface area contributed by atoms with Crippen molar-refractivity contribution in [2.45, 2.75) is 18.9 Å². The van der Waals surface area contributed by atoms with Gasteiger partial charge in [-0.3, -0.25) is 9.59 Å². The first kappa shape index (κ1) is 16.7. The van der Waals surface area contributed by atoms with Crippen LogP contribution in [0.25, 0.3) is 0 Å². The largest absolute Gasteiger partial charge is 0.478 e. The standard InChI is InChI=1S/C16H18N2O5/c19-14(7-8-15(20)21)18-13-6-2-1-5-12(13)16(22)17-10-11-4-3-9-23-11/h1-2,5-8,11H,3-4,9-10H2,(H,17,22)(H,18,19)(H,20,21)/b8-7-/t11-/m1/s1. The number of benzene rings is 1.